The molecule has 0 aromatic carbocycles. The second-order valence-corrected chi connectivity index (χ2v) is 4.22. The summed E-state index contributed by atoms with van der Waals surface area (Å²) >= 11 is 0. The zero-order valence-electron chi connectivity index (χ0n) is 8.61. The first kappa shape index (κ1) is 9.66. The number of aliphatic hydroxyl groups is 1. The van der Waals surface area contributed by atoms with Gasteiger partial charge in [-0.25, -0.2) is 0 Å². The number of aliphatic hydroxyl groups excluding tert-OH is 1. The van der Waals surface area contributed by atoms with Gasteiger partial charge in [-0.15, -0.1) is 0 Å². The van der Waals surface area contributed by atoms with Crippen LogP contribution in [0, 0.1) is 6.92 Å². The van der Waals surface area contributed by atoms with Gasteiger partial charge in [0.25, 0.3) is 0 Å². The average Bonchev–Trinajstić information content (AvgIpc) is 2.18. The van der Waals surface area contributed by atoms with Crippen molar-refractivity contribution < 1.29 is 5.11 Å². The average molecular weight is 191 g/mol. The van der Waals surface area contributed by atoms with E-state index < -0.39 is 0 Å². The van der Waals surface area contributed by atoms with Gasteiger partial charge in [-0.1, -0.05) is 12.8 Å². The maximum absolute atomic E-state index is 9.87. The second kappa shape index (κ2) is 4.09. The van der Waals surface area contributed by atoms with E-state index >= 15 is 0 Å². The number of nitrogens with zero attached hydrogens (tertiary/aromatic N) is 1. The molecule has 0 unspecified atom stereocenters. The van der Waals surface area contributed by atoms with E-state index in [1.54, 1.807) is 0 Å². The number of rotatable bonds is 1. The van der Waals surface area contributed by atoms with Gasteiger partial charge in [0, 0.05) is 17.8 Å². The number of hydrogen-bond donors (Lipinski definition) is 1. The zero-order chi connectivity index (χ0) is 9.97. The van der Waals surface area contributed by atoms with Gasteiger partial charge in [-0.2, -0.15) is 0 Å². The molecule has 0 amide bonds. The molecule has 1 aliphatic rings. The number of aromatic nitrogens is 1. The summed E-state index contributed by atoms with van der Waals surface area (Å²) in [6, 6.07) is 4.10. The number of aryl methyl sites for hydroxylation is 1. The Morgan fingerprint density at radius 3 is 2.86 bits per heavy atom. The SMILES string of the molecule is Cc1ccnc([C@@H]2CCCC[C@H]2O)c1. The molecular formula is C12H17NO. The summed E-state index contributed by atoms with van der Waals surface area (Å²) in [6.07, 6.45) is 6.04. The van der Waals surface area contributed by atoms with Gasteiger partial charge in [-0.3, -0.25) is 4.98 Å². The first-order valence-electron chi connectivity index (χ1n) is 5.38. The lowest BCUT2D eigenvalue weighted by molar-refractivity contribution is 0.104. The summed E-state index contributed by atoms with van der Waals surface area (Å²) in [5, 5.41) is 9.87. The van der Waals surface area contributed by atoms with E-state index in [4.69, 9.17) is 0 Å². The van der Waals surface area contributed by atoms with Crippen LogP contribution in [0.4, 0.5) is 0 Å². The zero-order valence-corrected chi connectivity index (χ0v) is 8.61. The summed E-state index contributed by atoms with van der Waals surface area (Å²) in [5.74, 6) is 0.267. The van der Waals surface area contributed by atoms with Crippen molar-refractivity contribution in [3.63, 3.8) is 0 Å². The van der Waals surface area contributed by atoms with Crippen LogP contribution in [0.2, 0.25) is 0 Å². The van der Waals surface area contributed by atoms with E-state index in [0.717, 1.165) is 25.0 Å². The Kier molecular flexibility index (Phi) is 2.82. The topological polar surface area (TPSA) is 33.1 Å². The van der Waals surface area contributed by atoms with Crippen molar-refractivity contribution in [3.8, 4) is 0 Å². The van der Waals surface area contributed by atoms with Crippen LogP contribution in [0.5, 0.6) is 0 Å². The van der Waals surface area contributed by atoms with Crippen molar-refractivity contribution in [2.75, 3.05) is 0 Å². The minimum absolute atomic E-state index is 0.182. The molecule has 1 saturated carbocycles. The second-order valence-electron chi connectivity index (χ2n) is 4.22. The molecule has 1 aromatic rings. The van der Waals surface area contributed by atoms with Crippen molar-refractivity contribution in [2.24, 2.45) is 0 Å². The molecule has 1 N–H and O–H groups in total. The molecule has 0 bridgehead atoms. The van der Waals surface area contributed by atoms with Gasteiger partial charge < -0.3 is 5.11 Å². The van der Waals surface area contributed by atoms with Gasteiger partial charge in [-0.05, 0) is 37.5 Å². The van der Waals surface area contributed by atoms with E-state index in [-0.39, 0.29) is 12.0 Å². The smallest absolute Gasteiger partial charge is 0.0623 e. The standard InChI is InChI=1S/C12H17NO/c1-9-6-7-13-11(8-9)10-4-2-3-5-12(10)14/h6-8,10,12,14H,2-5H2,1H3/t10-,12+/m0/s1. The van der Waals surface area contributed by atoms with Crippen LogP contribution in [-0.4, -0.2) is 16.2 Å². The highest BCUT2D eigenvalue weighted by Gasteiger charge is 2.25. The first-order valence-corrected chi connectivity index (χ1v) is 5.38. The van der Waals surface area contributed by atoms with Crippen LogP contribution < -0.4 is 0 Å². The molecule has 0 aliphatic heterocycles. The lowest BCUT2D eigenvalue weighted by atomic mass is 9.84. The summed E-state index contributed by atoms with van der Waals surface area (Å²) < 4.78 is 0. The lowest BCUT2D eigenvalue weighted by Crippen LogP contribution is -2.23. The highest BCUT2D eigenvalue weighted by Crippen LogP contribution is 2.31. The molecule has 2 atom stereocenters. The largest absolute Gasteiger partial charge is 0.392 e. The molecule has 1 fully saturated rings. The van der Waals surface area contributed by atoms with Gasteiger partial charge in [0.2, 0.25) is 0 Å². The molecular weight excluding hydrogens is 174 g/mol. The van der Waals surface area contributed by atoms with Crippen LogP contribution in [-0.2, 0) is 0 Å². The molecule has 1 heterocycles. The van der Waals surface area contributed by atoms with E-state index in [1.165, 1.54) is 12.0 Å². The van der Waals surface area contributed by atoms with Crippen molar-refractivity contribution >= 4 is 0 Å². The van der Waals surface area contributed by atoms with Crippen LogP contribution in [0.25, 0.3) is 0 Å². The Morgan fingerprint density at radius 1 is 1.36 bits per heavy atom. The molecule has 14 heavy (non-hydrogen) atoms. The van der Waals surface area contributed by atoms with Crippen molar-refractivity contribution in [2.45, 2.75) is 44.6 Å². The quantitative estimate of drug-likeness (QED) is 0.739. The molecule has 2 nitrogen and oxygen atoms in total. The minimum atomic E-state index is -0.182. The summed E-state index contributed by atoms with van der Waals surface area (Å²) in [6.45, 7) is 2.07. The third-order valence-electron chi connectivity index (χ3n) is 3.05. The summed E-state index contributed by atoms with van der Waals surface area (Å²) in [5.41, 5.74) is 2.30. The van der Waals surface area contributed by atoms with E-state index in [2.05, 4.69) is 18.0 Å². The predicted octanol–water partition coefficient (Wildman–Crippen LogP) is 2.41. The Labute approximate surface area is 85.0 Å². The van der Waals surface area contributed by atoms with Gasteiger partial charge in [0.15, 0.2) is 0 Å². The summed E-state index contributed by atoms with van der Waals surface area (Å²) in [7, 11) is 0. The summed E-state index contributed by atoms with van der Waals surface area (Å²) in [4.78, 5) is 4.35. The van der Waals surface area contributed by atoms with Crippen molar-refractivity contribution in [1.82, 2.24) is 4.98 Å². The number of pyridine rings is 1. The Bertz CT molecular complexity index is 311. The van der Waals surface area contributed by atoms with Crippen molar-refractivity contribution in [3.05, 3.63) is 29.6 Å². The van der Waals surface area contributed by atoms with Gasteiger partial charge in [0.1, 0.15) is 0 Å². The lowest BCUT2D eigenvalue weighted by Gasteiger charge is -2.27. The van der Waals surface area contributed by atoms with Gasteiger partial charge >= 0.3 is 0 Å². The third kappa shape index (κ3) is 1.95. The maximum Gasteiger partial charge on any atom is 0.0623 e. The first-order chi connectivity index (χ1) is 6.77. The molecule has 0 saturated heterocycles. The highest BCUT2D eigenvalue weighted by atomic mass is 16.3. The fourth-order valence-electron chi connectivity index (χ4n) is 2.22. The van der Waals surface area contributed by atoms with Crippen LogP contribution >= 0.6 is 0 Å². The minimum Gasteiger partial charge on any atom is -0.392 e. The molecule has 76 valence electrons. The molecule has 0 radical (unpaired) electrons. The normalized spacial score (nSPS) is 27.6. The number of hydrogen-bond acceptors (Lipinski definition) is 2. The Hall–Kier alpha value is -0.890. The van der Waals surface area contributed by atoms with E-state index in [0.29, 0.717) is 0 Å². The molecule has 1 aromatic heterocycles. The third-order valence-corrected chi connectivity index (χ3v) is 3.05. The monoisotopic (exact) mass is 191 g/mol. The van der Waals surface area contributed by atoms with Crippen LogP contribution in [0.15, 0.2) is 18.3 Å². The fourth-order valence-corrected chi connectivity index (χ4v) is 2.22. The molecule has 2 heteroatoms. The predicted molar refractivity (Wildman–Crippen MR) is 56.2 cm³/mol. The Balaban J connectivity index is 2.20. The van der Waals surface area contributed by atoms with E-state index in [9.17, 15) is 5.11 Å². The molecule has 0 spiro atoms. The fraction of sp³-hybridized carbons (Fsp3) is 0.583. The van der Waals surface area contributed by atoms with E-state index in [1.807, 2.05) is 12.3 Å². The van der Waals surface area contributed by atoms with Crippen molar-refractivity contribution in [1.29, 1.82) is 0 Å². The van der Waals surface area contributed by atoms with Crippen LogP contribution in [0.3, 0.4) is 0 Å². The maximum atomic E-state index is 9.87. The molecule has 2 rings (SSSR count). The Morgan fingerprint density at radius 2 is 2.14 bits per heavy atom. The molecule has 1 aliphatic carbocycles. The highest BCUT2D eigenvalue weighted by molar-refractivity contribution is 5.19. The van der Waals surface area contributed by atoms with Gasteiger partial charge in [0.05, 0.1) is 6.10 Å². The van der Waals surface area contributed by atoms with Crippen LogP contribution in [0.1, 0.15) is 42.9 Å².